The van der Waals surface area contributed by atoms with E-state index in [1.807, 2.05) is 0 Å². The van der Waals surface area contributed by atoms with Crippen molar-refractivity contribution in [2.45, 2.75) is 0 Å². The first-order valence-electron chi connectivity index (χ1n) is 5.42. The molecule has 0 aliphatic carbocycles. The lowest BCUT2D eigenvalue weighted by Gasteiger charge is -2.10. The number of carboxylic acid groups (broad SMARTS) is 1. The van der Waals surface area contributed by atoms with E-state index in [1.165, 1.54) is 6.08 Å². The minimum absolute atomic E-state index is 0.169. The number of carbonyl (C=O) groups excluding carboxylic acids is 1. The second kappa shape index (κ2) is 6.54. The van der Waals surface area contributed by atoms with Crippen LogP contribution in [0, 0.1) is 0 Å². The Hall–Kier alpha value is -0.790. The van der Waals surface area contributed by atoms with Gasteiger partial charge in [0.2, 0.25) is 0 Å². The first-order valence-corrected chi connectivity index (χ1v) is 7.77. The van der Waals surface area contributed by atoms with Crippen LogP contribution in [0.25, 0.3) is 6.08 Å². The Morgan fingerprint density at radius 1 is 1.33 bits per heavy atom. The van der Waals surface area contributed by atoms with Gasteiger partial charge < -0.3 is 5.11 Å². The standard InChI is InChI=1S/C12H6Cl3NO3S2/c13-6-1-2-7(14)10(15)5(6)3-8-11(19)16(4-9(17)18)12(20)21-8/h1-3H,4H2,(H,17,18). The Kier molecular flexibility index (Phi) is 5.16. The van der Waals surface area contributed by atoms with Crippen LogP contribution in [0.3, 0.4) is 0 Å². The van der Waals surface area contributed by atoms with Crippen molar-refractivity contribution in [2.24, 2.45) is 0 Å². The van der Waals surface area contributed by atoms with Gasteiger partial charge in [-0.25, -0.2) is 0 Å². The van der Waals surface area contributed by atoms with E-state index in [-0.39, 0.29) is 14.2 Å². The average Bonchev–Trinajstić information content (AvgIpc) is 2.66. The lowest BCUT2D eigenvalue weighted by molar-refractivity contribution is -0.140. The second-order valence-corrected chi connectivity index (χ2v) is 6.79. The summed E-state index contributed by atoms with van der Waals surface area (Å²) in [5.74, 6) is -1.65. The summed E-state index contributed by atoms with van der Waals surface area (Å²) in [7, 11) is 0. The van der Waals surface area contributed by atoms with Gasteiger partial charge in [0.05, 0.1) is 15.0 Å². The van der Waals surface area contributed by atoms with Crippen LogP contribution in [-0.4, -0.2) is 32.7 Å². The van der Waals surface area contributed by atoms with Gasteiger partial charge in [-0.1, -0.05) is 58.8 Å². The number of thioether (sulfide) groups is 1. The number of benzene rings is 1. The summed E-state index contributed by atoms with van der Waals surface area (Å²) >= 11 is 24.0. The van der Waals surface area contributed by atoms with Gasteiger partial charge in [-0.05, 0) is 18.2 Å². The summed E-state index contributed by atoms with van der Waals surface area (Å²) in [5, 5.41) is 9.61. The van der Waals surface area contributed by atoms with E-state index < -0.39 is 18.4 Å². The molecule has 0 bridgehead atoms. The molecule has 1 aliphatic rings. The number of thiocarbonyl (C=S) groups is 1. The van der Waals surface area contributed by atoms with Gasteiger partial charge in [-0.15, -0.1) is 0 Å². The zero-order chi connectivity index (χ0) is 15.7. The van der Waals surface area contributed by atoms with E-state index in [0.717, 1.165) is 16.7 Å². The van der Waals surface area contributed by atoms with Crippen molar-refractivity contribution in [2.75, 3.05) is 6.54 Å². The third-order valence-corrected chi connectivity index (χ3v) is 5.05. The predicted molar refractivity (Wildman–Crippen MR) is 89.0 cm³/mol. The van der Waals surface area contributed by atoms with Crippen molar-refractivity contribution in [3.8, 4) is 0 Å². The molecular formula is C12H6Cl3NO3S2. The fourth-order valence-electron chi connectivity index (χ4n) is 1.58. The zero-order valence-corrected chi connectivity index (χ0v) is 14.0. The highest BCUT2D eigenvalue weighted by Gasteiger charge is 2.33. The van der Waals surface area contributed by atoms with Crippen molar-refractivity contribution >= 4 is 81.1 Å². The molecule has 0 atom stereocenters. The molecule has 0 saturated carbocycles. The molecule has 110 valence electrons. The lowest BCUT2D eigenvalue weighted by atomic mass is 10.2. The van der Waals surface area contributed by atoms with Crippen molar-refractivity contribution in [1.82, 2.24) is 4.90 Å². The molecule has 1 N–H and O–H groups in total. The van der Waals surface area contributed by atoms with Crippen LogP contribution in [0.1, 0.15) is 5.56 Å². The number of aliphatic carboxylic acids is 1. The van der Waals surface area contributed by atoms with Gasteiger partial charge in [0, 0.05) is 10.6 Å². The molecule has 0 spiro atoms. The Morgan fingerprint density at radius 2 is 1.95 bits per heavy atom. The van der Waals surface area contributed by atoms with Gasteiger partial charge in [0.25, 0.3) is 5.91 Å². The van der Waals surface area contributed by atoms with Crippen LogP contribution in [0.15, 0.2) is 17.0 Å². The fourth-order valence-corrected chi connectivity index (χ4v) is 3.46. The first kappa shape index (κ1) is 16.6. The zero-order valence-electron chi connectivity index (χ0n) is 10.1. The van der Waals surface area contributed by atoms with Gasteiger partial charge in [-0.2, -0.15) is 0 Å². The molecule has 1 aliphatic heterocycles. The second-order valence-electron chi connectivity index (χ2n) is 3.92. The number of carbonyl (C=O) groups is 2. The quantitative estimate of drug-likeness (QED) is 0.487. The molecule has 0 radical (unpaired) electrons. The van der Waals surface area contributed by atoms with Crippen molar-refractivity contribution in [1.29, 1.82) is 0 Å². The molecule has 4 nitrogen and oxygen atoms in total. The van der Waals surface area contributed by atoms with Gasteiger partial charge in [0.15, 0.2) is 0 Å². The normalized spacial score (nSPS) is 16.9. The van der Waals surface area contributed by atoms with E-state index in [9.17, 15) is 9.59 Å². The molecule has 0 aromatic heterocycles. The number of halogens is 3. The molecule has 1 aromatic carbocycles. The van der Waals surface area contributed by atoms with E-state index in [1.54, 1.807) is 12.1 Å². The number of nitrogens with zero attached hydrogens (tertiary/aromatic N) is 1. The molecule has 2 rings (SSSR count). The number of amides is 1. The highest BCUT2D eigenvalue weighted by Crippen LogP contribution is 2.37. The summed E-state index contributed by atoms with van der Waals surface area (Å²) in [4.78, 5) is 24.1. The summed E-state index contributed by atoms with van der Waals surface area (Å²) in [6, 6.07) is 3.10. The van der Waals surface area contributed by atoms with Crippen LogP contribution in [-0.2, 0) is 9.59 Å². The molecule has 1 saturated heterocycles. The van der Waals surface area contributed by atoms with E-state index in [4.69, 9.17) is 52.1 Å². The monoisotopic (exact) mass is 381 g/mol. The maximum absolute atomic E-state index is 12.1. The molecule has 9 heteroatoms. The molecule has 1 heterocycles. The SMILES string of the molecule is O=C(O)CN1C(=O)C(=Cc2c(Cl)ccc(Cl)c2Cl)SC1=S. The van der Waals surface area contributed by atoms with E-state index in [2.05, 4.69) is 0 Å². The van der Waals surface area contributed by atoms with Crippen LogP contribution in [0.5, 0.6) is 0 Å². The predicted octanol–water partition coefficient (Wildman–Crippen LogP) is 3.93. The first-order chi connectivity index (χ1) is 9.81. The van der Waals surface area contributed by atoms with Gasteiger partial charge >= 0.3 is 5.97 Å². The third kappa shape index (κ3) is 3.52. The van der Waals surface area contributed by atoms with Crippen molar-refractivity contribution in [3.63, 3.8) is 0 Å². The van der Waals surface area contributed by atoms with Crippen LogP contribution >= 0.6 is 58.8 Å². The highest BCUT2D eigenvalue weighted by molar-refractivity contribution is 8.26. The van der Waals surface area contributed by atoms with Crippen LogP contribution in [0.4, 0.5) is 0 Å². The largest absolute Gasteiger partial charge is 0.480 e. The number of hydrogen-bond donors (Lipinski definition) is 1. The summed E-state index contributed by atoms with van der Waals surface area (Å²) in [5.41, 5.74) is 0.390. The smallest absolute Gasteiger partial charge is 0.323 e. The van der Waals surface area contributed by atoms with Crippen LogP contribution < -0.4 is 0 Å². The van der Waals surface area contributed by atoms with Gasteiger partial charge in [0.1, 0.15) is 10.9 Å². The number of rotatable bonds is 3. The lowest BCUT2D eigenvalue weighted by Crippen LogP contribution is -2.33. The van der Waals surface area contributed by atoms with E-state index in [0.29, 0.717) is 15.6 Å². The Morgan fingerprint density at radius 3 is 2.57 bits per heavy atom. The molecule has 1 aromatic rings. The minimum Gasteiger partial charge on any atom is -0.480 e. The minimum atomic E-state index is -1.15. The highest BCUT2D eigenvalue weighted by atomic mass is 35.5. The Bertz CT molecular complexity index is 691. The fraction of sp³-hybridized carbons (Fsp3) is 0.0833. The van der Waals surface area contributed by atoms with Crippen molar-refractivity contribution < 1.29 is 14.7 Å². The molecular weight excluding hydrogens is 377 g/mol. The van der Waals surface area contributed by atoms with Crippen LogP contribution in [0.2, 0.25) is 15.1 Å². The summed E-state index contributed by atoms with van der Waals surface area (Å²) < 4.78 is 0.169. The maximum Gasteiger partial charge on any atom is 0.323 e. The Labute approximate surface area is 144 Å². The molecule has 21 heavy (non-hydrogen) atoms. The molecule has 0 unspecified atom stereocenters. The Balaban J connectivity index is 2.40. The molecule has 1 amide bonds. The van der Waals surface area contributed by atoms with E-state index >= 15 is 0 Å². The number of carboxylic acids is 1. The topological polar surface area (TPSA) is 57.6 Å². The molecule has 1 fully saturated rings. The maximum atomic E-state index is 12.1. The number of hydrogen-bond acceptors (Lipinski definition) is 4. The summed E-state index contributed by atoms with van der Waals surface area (Å²) in [6.45, 7) is -0.487. The average molecular weight is 383 g/mol. The summed E-state index contributed by atoms with van der Waals surface area (Å²) in [6.07, 6.45) is 1.46. The van der Waals surface area contributed by atoms with Gasteiger partial charge in [-0.3, -0.25) is 14.5 Å². The van der Waals surface area contributed by atoms with Crippen molar-refractivity contribution in [3.05, 3.63) is 37.7 Å². The third-order valence-electron chi connectivity index (χ3n) is 2.52.